The predicted molar refractivity (Wildman–Crippen MR) is 123 cm³/mol. The average molecular weight is 432 g/mol. The summed E-state index contributed by atoms with van der Waals surface area (Å²) in [6, 6.07) is 24.6. The first kappa shape index (κ1) is 20.7. The van der Waals surface area contributed by atoms with Gasteiger partial charge in [-0.15, -0.1) is 0 Å². The van der Waals surface area contributed by atoms with E-state index in [9.17, 15) is 4.79 Å². The zero-order valence-corrected chi connectivity index (χ0v) is 17.8. The number of carbonyl (C=O) groups is 1. The largest absolute Gasteiger partial charge is 0.489 e. The quantitative estimate of drug-likeness (QED) is 0.407. The molecule has 1 aromatic heterocycles. The van der Waals surface area contributed by atoms with Crippen molar-refractivity contribution in [2.24, 2.45) is 0 Å². The Balaban J connectivity index is 1.32. The molecule has 3 aromatic carbocycles. The molecule has 0 aliphatic rings. The van der Waals surface area contributed by atoms with Crippen LogP contribution in [-0.4, -0.2) is 15.7 Å². The Morgan fingerprint density at radius 3 is 2.48 bits per heavy atom. The Morgan fingerprint density at radius 2 is 1.74 bits per heavy atom. The summed E-state index contributed by atoms with van der Waals surface area (Å²) >= 11 is 5.97. The van der Waals surface area contributed by atoms with Crippen molar-refractivity contribution in [1.82, 2.24) is 9.78 Å². The molecule has 0 spiro atoms. The van der Waals surface area contributed by atoms with Gasteiger partial charge in [-0.3, -0.25) is 9.48 Å². The Labute approximate surface area is 186 Å². The van der Waals surface area contributed by atoms with Crippen LogP contribution in [0.2, 0.25) is 5.02 Å². The molecule has 0 aliphatic heterocycles. The van der Waals surface area contributed by atoms with Gasteiger partial charge in [0.25, 0.3) is 5.91 Å². The van der Waals surface area contributed by atoms with E-state index in [-0.39, 0.29) is 5.91 Å². The third-order valence-electron chi connectivity index (χ3n) is 4.77. The maximum absolute atomic E-state index is 12.5. The van der Waals surface area contributed by atoms with Crippen molar-refractivity contribution < 1.29 is 9.53 Å². The van der Waals surface area contributed by atoms with Crippen molar-refractivity contribution in [2.45, 2.75) is 20.1 Å². The van der Waals surface area contributed by atoms with E-state index in [4.69, 9.17) is 16.3 Å². The monoisotopic (exact) mass is 431 g/mol. The Bertz CT molecular complexity index is 1170. The first-order chi connectivity index (χ1) is 15.0. The lowest BCUT2D eigenvalue weighted by Crippen LogP contribution is -2.13. The Hall–Kier alpha value is -3.57. The fourth-order valence-corrected chi connectivity index (χ4v) is 3.24. The van der Waals surface area contributed by atoms with E-state index in [1.165, 1.54) is 5.56 Å². The highest BCUT2D eigenvalue weighted by Crippen LogP contribution is 2.18. The first-order valence-corrected chi connectivity index (χ1v) is 10.3. The van der Waals surface area contributed by atoms with Crippen LogP contribution in [0.25, 0.3) is 0 Å². The van der Waals surface area contributed by atoms with Gasteiger partial charge in [0, 0.05) is 22.8 Å². The number of hydrogen-bond donors (Lipinski definition) is 1. The van der Waals surface area contributed by atoms with Gasteiger partial charge >= 0.3 is 0 Å². The molecule has 1 amide bonds. The maximum atomic E-state index is 12.5. The minimum atomic E-state index is -0.206. The van der Waals surface area contributed by atoms with E-state index in [2.05, 4.69) is 41.6 Å². The molecular formula is C25H22ClN3O2. The van der Waals surface area contributed by atoms with Gasteiger partial charge in [-0.05, 0) is 48.4 Å². The minimum absolute atomic E-state index is 0.206. The number of nitrogens with zero attached hydrogens (tertiary/aromatic N) is 2. The number of ether oxygens (including phenoxy) is 1. The fraction of sp³-hybridized carbons (Fsp3) is 0.120. The highest BCUT2D eigenvalue weighted by molar-refractivity contribution is 6.30. The van der Waals surface area contributed by atoms with E-state index in [1.807, 2.05) is 30.5 Å². The van der Waals surface area contributed by atoms with E-state index in [0.717, 1.165) is 11.1 Å². The summed E-state index contributed by atoms with van der Waals surface area (Å²) in [5.74, 6) is 1.02. The summed E-state index contributed by atoms with van der Waals surface area (Å²) in [7, 11) is 0. The van der Waals surface area contributed by atoms with Crippen LogP contribution in [0.1, 0.15) is 27.0 Å². The molecule has 0 saturated heterocycles. The summed E-state index contributed by atoms with van der Waals surface area (Å²) in [6.07, 6.45) is 1.85. The molecule has 0 unspecified atom stereocenters. The zero-order chi connectivity index (χ0) is 21.6. The van der Waals surface area contributed by atoms with Gasteiger partial charge in [0.2, 0.25) is 0 Å². The van der Waals surface area contributed by atoms with Gasteiger partial charge < -0.3 is 10.1 Å². The van der Waals surface area contributed by atoms with Crippen LogP contribution in [-0.2, 0) is 13.2 Å². The lowest BCUT2D eigenvalue weighted by molar-refractivity contribution is 0.102. The van der Waals surface area contributed by atoms with Crippen LogP contribution in [0, 0.1) is 6.92 Å². The molecule has 156 valence electrons. The predicted octanol–water partition coefficient (Wildman–Crippen LogP) is 5.72. The second-order valence-corrected chi connectivity index (χ2v) is 7.72. The molecule has 1 N–H and O–H groups in total. The van der Waals surface area contributed by atoms with Gasteiger partial charge in [0.1, 0.15) is 12.4 Å². The molecular weight excluding hydrogens is 410 g/mol. The number of nitrogens with one attached hydrogen (secondary N) is 1. The van der Waals surface area contributed by atoms with E-state index in [1.54, 1.807) is 35.0 Å². The summed E-state index contributed by atoms with van der Waals surface area (Å²) < 4.78 is 7.53. The summed E-state index contributed by atoms with van der Waals surface area (Å²) in [4.78, 5) is 12.5. The number of anilines is 1. The topological polar surface area (TPSA) is 56.2 Å². The number of hydrogen-bond acceptors (Lipinski definition) is 3. The highest BCUT2D eigenvalue weighted by atomic mass is 35.5. The van der Waals surface area contributed by atoms with Gasteiger partial charge in [-0.25, -0.2) is 0 Å². The number of aromatic nitrogens is 2. The second-order valence-electron chi connectivity index (χ2n) is 7.28. The third kappa shape index (κ3) is 5.74. The van der Waals surface area contributed by atoms with E-state index < -0.39 is 0 Å². The van der Waals surface area contributed by atoms with Gasteiger partial charge in [0.05, 0.1) is 6.54 Å². The number of rotatable bonds is 7. The van der Waals surface area contributed by atoms with E-state index in [0.29, 0.717) is 35.3 Å². The van der Waals surface area contributed by atoms with Gasteiger partial charge in [-0.2, -0.15) is 5.10 Å². The van der Waals surface area contributed by atoms with Crippen molar-refractivity contribution in [2.75, 3.05) is 5.32 Å². The highest BCUT2D eigenvalue weighted by Gasteiger charge is 2.09. The van der Waals surface area contributed by atoms with Crippen LogP contribution < -0.4 is 10.1 Å². The standard InChI is InChI=1S/C25H22ClN3O2/c1-18-5-7-19(8-6-18)16-29-14-13-24(28-29)27-25(30)21-11-9-20(10-12-21)17-31-23-4-2-3-22(26)15-23/h2-15H,16-17H2,1H3,(H,27,28,30). The Kier molecular flexibility index (Phi) is 6.34. The van der Waals surface area contributed by atoms with Crippen molar-refractivity contribution in [3.8, 4) is 5.75 Å². The summed E-state index contributed by atoms with van der Waals surface area (Å²) in [5.41, 5.74) is 3.89. The maximum Gasteiger partial charge on any atom is 0.256 e. The van der Waals surface area contributed by atoms with E-state index >= 15 is 0 Å². The minimum Gasteiger partial charge on any atom is -0.489 e. The fourth-order valence-electron chi connectivity index (χ4n) is 3.06. The molecule has 0 saturated carbocycles. The third-order valence-corrected chi connectivity index (χ3v) is 5.00. The number of benzene rings is 3. The van der Waals surface area contributed by atoms with Crippen molar-refractivity contribution in [1.29, 1.82) is 0 Å². The Morgan fingerprint density at radius 1 is 1.00 bits per heavy atom. The molecule has 0 radical (unpaired) electrons. The number of carbonyl (C=O) groups excluding carboxylic acids is 1. The van der Waals surface area contributed by atoms with Gasteiger partial charge in [0.15, 0.2) is 5.82 Å². The SMILES string of the molecule is Cc1ccc(Cn2ccc(NC(=O)c3ccc(COc4cccc(Cl)c4)cc3)n2)cc1. The lowest BCUT2D eigenvalue weighted by Gasteiger charge is -2.08. The van der Waals surface area contributed by atoms with Crippen LogP contribution in [0.3, 0.4) is 0 Å². The van der Waals surface area contributed by atoms with Gasteiger partial charge in [-0.1, -0.05) is 59.6 Å². The zero-order valence-electron chi connectivity index (χ0n) is 17.1. The molecule has 0 atom stereocenters. The second kappa shape index (κ2) is 9.49. The normalized spacial score (nSPS) is 10.6. The summed E-state index contributed by atoms with van der Waals surface area (Å²) in [6.45, 7) is 3.10. The van der Waals surface area contributed by atoms with Crippen molar-refractivity contribution in [3.63, 3.8) is 0 Å². The molecule has 6 heteroatoms. The van der Waals surface area contributed by atoms with Crippen molar-refractivity contribution >= 4 is 23.3 Å². The lowest BCUT2D eigenvalue weighted by atomic mass is 10.1. The van der Waals surface area contributed by atoms with Crippen LogP contribution in [0.15, 0.2) is 85.1 Å². The molecule has 0 aliphatic carbocycles. The number of amides is 1. The number of aryl methyl sites for hydroxylation is 1. The molecule has 4 aromatic rings. The molecule has 0 bridgehead atoms. The molecule has 31 heavy (non-hydrogen) atoms. The molecule has 5 nitrogen and oxygen atoms in total. The van der Waals surface area contributed by atoms with Crippen molar-refractivity contribution in [3.05, 3.63) is 112 Å². The molecule has 4 rings (SSSR count). The average Bonchev–Trinajstić information content (AvgIpc) is 3.21. The smallest absolute Gasteiger partial charge is 0.256 e. The summed E-state index contributed by atoms with van der Waals surface area (Å²) in [5, 5.41) is 7.91. The van der Waals surface area contributed by atoms with Crippen LogP contribution >= 0.6 is 11.6 Å². The number of halogens is 1. The van der Waals surface area contributed by atoms with Crippen LogP contribution in [0.5, 0.6) is 5.75 Å². The molecule has 0 fully saturated rings. The van der Waals surface area contributed by atoms with Crippen LogP contribution in [0.4, 0.5) is 5.82 Å². The molecule has 1 heterocycles. The first-order valence-electron chi connectivity index (χ1n) is 9.93.